The van der Waals surface area contributed by atoms with Crippen molar-refractivity contribution in [2.24, 2.45) is 0 Å². The molecule has 0 unspecified atom stereocenters. The summed E-state index contributed by atoms with van der Waals surface area (Å²) in [6.07, 6.45) is 3.75. The molecule has 0 spiro atoms. The van der Waals surface area contributed by atoms with E-state index in [4.69, 9.17) is 11.6 Å². The summed E-state index contributed by atoms with van der Waals surface area (Å²) in [6, 6.07) is 6.63. The number of urea groups is 1. The predicted molar refractivity (Wildman–Crippen MR) is 71.9 cm³/mol. The third-order valence-corrected chi connectivity index (χ3v) is 3.60. The zero-order valence-corrected chi connectivity index (χ0v) is 10.8. The van der Waals surface area contributed by atoms with Crippen molar-refractivity contribution < 1.29 is 9.90 Å². The van der Waals surface area contributed by atoms with Crippen LogP contribution >= 0.6 is 11.6 Å². The Bertz CT molecular complexity index is 414. The predicted octanol–water partition coefficient (Wildman–Crippen LogP) is 2.77. The summed E-state index contributed by atoms with van der Waals surface area (Å²) < 4.78 is 0. The van der Waals surface area contributed by atoms with Crippen LogP contribution in [-0.4, -0.2) is 23.3 Å². The van der Waals surface area contributed by atoms with E-state index in [1.165, 1.54) is 0 Å². The number of amides is 2. The first-order valence-corrected chi connectivity index (χ1v) is 6.47. The quantitative estimate of drug-likeness (QED) is 0.789. The van der Waals surface area contributed by atoms with Crippen LogP contribution in [-0.2, 0) is 0 Å². The molecule has 0 saturated heterocycles. The maximum absolute atomic E-state index is 11.9. The number of benzene rings is 1. The minimum Gasteiger partial charge on any atom is -0.394 e. The number of halogens is 1. The summed E-state index contributed by atoms with van der Waals surface area (Å²) >= 11 is 5.77. The lowest BCUT2D eigenvalue weighted by Crippen LogP contribution is -2.50. The molecule has 2 rings (SSSR count). The molecule has 1 saturated carbocycles. The van der Waals surface area contributed by atoms with E-state index in [0.29, 0.717) is 10.7 Å². The fourth-order valence-corrected chi connectivity index (χ4v) is 2.44. The highest BCUT2D eigenvalue weighted by Gasteiger charge is 2.34. The largest absolute Gasteiger partial charge is 0.394 e. The Hall–Kier alpha value is -1.26. The van der Waals surface area contributed by atoms with Gasteiger partial charge in [0.1, 0.15) is 0 Å². The van der Waals surface area contributed by atoms with E-state index in [1.807, 2.05) is 0 Å². The molecule has 0 atom stereocenters. The van der Waals surface area contributed by atoms with Crippen LogP contribution in [0, 0.1) is 0 Å². The number of carbonyl (C=O) groups is 1. The second-order valence-corrected chi connectivity index (χ2v) is 5.17. The summed E-state index contributed by atoms with van der Waals surface area (Å²) in [5.41, 5.74) is 0.235. The Labute approximate surface area is 111 Å². The molecule has 0 bridgehead atoms. The van der Waals surface area contributed by atoms with Crippen LogP contribution in [0.25, 0.3) is 0 Å². The summed E-state index contributed by atoms with van der Waals surface area (Å²) in [4.78, 5) is 11.9. The Balaban J connectivity index is 1.94. The highest BCUT2D eigenvalue weighted by Crippen LogP contribution is 2.29. The van der Waals surface area contributed by atoms with E-state index in [0.717, 1.165) is 25.7 Å². The molecule has 98 valence electrons. The summed E-state index contributed by atoms with van der Waals surface area (Å²) in [5, 5.41) is 15.6. The van der Waals surface area contributed by atoms with Gasteiger partial charge >= 0.3 is 6.03 Å². The summed E-state index contributed by atoms with van der Waals surface area (Å²) in [5.74, 6) is 0. The zero-order valence-electron chi connectivity index (χ0n) is 10.1. The van der Waals surface area contributed by atoms with E-state index in [-0.39, 0.29) is 12.6 Å². The molecule has 0 aromatic heterocycles. The number of rotatable bonds is 3. The van der Waals surface area contributed by atoms with E-state index < -0.39 is 5.54 Å². The van der Waals surface area contributed by atoms with Crippen LogP contribution in [0.4, 0.5) is 10.5 Å². The highest BCUT2D eigenvalue weighted by atomic mass is 35.5. The molecule has 1 aliphatic rings. The molecule has 5 heteroatoms. The highest BCUT2D eigenvalue weighted by molar-refractivity contribution is 6.30. The summed E-state index contributed by atoms with van der Waals surface area (Å²) in [7, 11) is 0. The number of nitrogens with one attached hydrogen (secondary N) is 2. The van der Waals surface area contributed by atoms with Crippen molar-refractivity contribution in [3.63, 3.8) is 0 Å². The van der Waals surface area contributed by atoms with Gasteiger partial charge in [-0.15, -0.1) is 0 Å². The normalized spacial score (nSPS) is 17.4. The number of aliphatic hydroxyl groups is 1. The molecular weight excluding hydrogens is 252 g/mol. The van der Waals surface area contributed by atoms with E-state index in [2.05, 4.69) is 10.6 Å². The van der Waals surface area contributed by atoms with Crippen LogP contribution in [0.1, 0.15) is 25.7 Å². The van der Waals surface area contributed by atoms with Crippen LogP contribution in [0.15, 0.2) is 24.3 Å². The number of anilines is 1. The van der Waals surface area contributed by atoms with Crippen LogP contribution in [0.2, 0.25) is 5.02 Å². The number of carbonyl (C=O) groups excluding carboxylic acids is 1. The van der Waals surface area contributed by atoms with E-state index in [1.54, 1.807) is 24.3 Å². The third-order valence-electron chi connectivity index (χ3n) is 3.34. The molecule has 0 aliphatic heterocycles. The van der Waals surface area contributed by atoms with Crippen LogP contribution in [0.3, 0.4) is 0 Å². The molecule has 4 nitrogen and oxygen atoms in total. The lowest BCUT2D eigenvalue weighted by Gasteiger charge is -2.27. The molecule has 1 aromatic carbocycles. The first-order chi connectivity index (χ1) is 8.63. The fourth-order valence-electron chi connectivity index (χ4n) is 2.31. The molecule has 0 heterocycles. The Morgan fingerprint density at radius 1 is 1.28 bits per heavy atom. The lowest BCUT2D eigenvalue weighted by atomic mass is 9.99. The van der Waals surface area contributed by atoms with Gasteiger partial charge in [0.15, 0.2) is 0 Å². The molecule has 1 fully saturated rings. The van der Waals surface area contributed by atoms with Crippen molar-refractivity contribution in [3.05, 3.63) is 29.3 Å². The second kappa shape index (κ2) is 5.59. The van der Waals surface area contributed by atoms with Crippen LogP contribution in [0.5, 0.6) is 0 Å². The maximum atomic E-state index is 11.9. The van der Waals surface area contributed by atoms with Crippen molar-refractivity contribution >= 4 is 23.3 Å². The number of hydrogen-bond acceptors (Lipinski definition) is 2. The topological polar surface area (TPSA) is 61.4 Å². The van der Waals surface area contributed by atoms with Gasteiger partial charge in [0.05, 0.1) is 12.1 Å². The van der Waals surface area contributed by atoms with Gasteiger partial charge in [-0.1, -0.05) is 24.4 Å². The molecule has 1 aromatic rings. The van der Waals surface area contributed by atoms with Gasteiger partial charge in [0.2, 0.25) is 0 Å². The molecular formula is C13H17ClN2O2. The molecule has 18 heavy (non-hydrogen) atoms. The smallest absolute Gasteiger partial charge is 0.319 e. The third kappa shape index (κ3) is 3.15. The second-order valence-electron chi connectivity index (χ2n) is 4.73. The molecule has 0 radical (unpaired) electrons. The van der Waals surface area contributed by atoms with Gasteiger partial charge in [0, 0.05) is 10.7 Å². The van der Waals surface area contributed by atoms with Gasteiger partial charge < -0.3 is 15.7 Å². The summed E-state index contributed by atoms with van der Waals surface area (Å²) in [6.45, 7) is -0.0129. The van der Waals surface area contributed by atoms with Gasteiger partial charge in [-0.25, -0.2) is 4.79 Å². The number of aliphatic hydroxyl groups excluding tert-OH is 1. The molecule has 1 aliphatic carbocycles. The van der Waals surface area contributed by atoms with Gasteiger partial charge in [-0.2, -0.15) is 0 Å². The van der Waals surface area contributed by atoms with E-state index >= 15 is 0 Å². The van der Waals surface area contributed by atoms with Crippen molar-refractivity contribution in [2.45, 2.75) is 31.2 Å². The monoisotopic (exact) mass is 268 g/mol. The van der Waals surface area contributed by atoms with Gasteiger partial charge in [-0.05, 0) is 37.1 Å². The van der Waals surface area contributed by atoms with Crippen molar-refractivity contribution in [3.8, 4) is 0 Å². The molecule has 2 amide bonds. The SMILES string of the molecule is O=C(Nc1ccc(Cl)cc1)NC1(CO)CCCC1. The maximum Gasteiger partial charge on any atom is 0.319 e. The van der Waals surface area contributed by atoms with E-state index in [9.17, 15) is 9.90 Å². The Morgan fingerprint density at radius 3 is 2.44 bits per heavy atom. The van der Waals surface area contributed by atoms with Crippen LogP contribution < -0.4 is 10.6 Å². The Kier molecular flexibility index (Phi) is 4.09. The molecule has 3 N–H and O–H groups in total. The fraction of sp³-hybridized carbons (Fsp3) is 0.462. The van der Waals surface area contributed by atoms with Crippen molar-refractivity contribution in [1.29, 1.82) is 0 Å². The first-order valence-electron chi connectivity index (χ1n) is 6.09. The van der Waals surface area contributed by atoms with Gasteiger partial charge in [0.25, 0.3) is 0 Å². The lowest BCUT2D eigenvalue weighted by molar-refractivity contribution is 0.167. The van der Waals surface area contributed by atoms with Crippen molar-refractivity contribution in [1.82, 2.24) is 5.32 Å². The van der Waals surface area contributed by atoms with Gasteiger partial charge in [-0.3, -0.25) is 0 Å². The average Bonchev–Trinajstić information content (AvgIpc) is 2.81. The first kappa shape index (κ1) is 13.2. The average molecular weight is 269 g/mol. The minimum atomic E-state index is -0.448. The minimum absolute atomic E-state index is 0.0129. The Morgan fingerprint density at radius 2 is 1.89 bits per heavy atom. The standard InChI is InChI=1S/C13H17ClN2O2/c14-10-3-5-11(6-4-10)15-12(18)16-13(9-17)7-1-2-8-13/h3-6,17H,1-2,7-9H2,(H2,15,16,18). The van der Waals surface area contributed by atoms with Crippen molar-refractivity contribution in [2.75, 3.05) is 11.9 Å². The number of hydrogen-bond donors (Lipinski definition) is 3. The zero-order chi connectivity index (χ0) is 13.0.